The first kappa shape index (κ1) is 13.0. The maximum Gasteiger partial charge on any atom is 0.139 e. The molecule has 92 valence electrons. The summed E-state index contributed by atoms with van der Waals surface area (Å²) >= 11 is 14.1. The van der Waals surface area contributed by atoms with Crippen molar-refractivity contribution in [3.8, 4) is 5.75 Å². The number of methoxy groups -OCH3 is 1. The molecule has 1 nitrogen and oxygen atoms in total. The lowest BCUT2D eigenvalue weighted by atomic mass is 10.2. The Bertz CT molecular complexity index is 534. The number of halogens is 2. The summed E-state index contributed by atoms with van der Waals surface area (Å²) in [4.78, 5) is 1.35. The number of unbranched alkanes of at least 4 members (excludes halogenated alkanes) is 1. The number of thiophene rings is 1. The summed E-state index contributed by atoms with van der Waals surface area (Å²) in [6, 6.07) is 4.13. The van der Waals surface area contributed by atoms with Crippen molar-refractivity contribution in [1.29, 1.82) is 0 Å². The van der Waals surface area contributed by atoms with Gasteiger partial charge in [0.15, 0.2) is 0 Å². The molecule has 1 aromatic heterocycles. The topological polar surface area (TPSA) is 9.23 Å². The molecule has 0 aliphatic carbocycles. The van der Waals surface area contributed by atoms with Crippen molar-refractivity contribution in [2.75, 3.05) is 7.11 Å². The first-order valence-electron chi connectivity index (χ1n) is 5.61. The summed E-state index contributed by atoms with van der Waals surface area (Å²) in [5.41, 5.74) is 0. The quantitative estimate of drug-likeness (QED) is 0.716. The minimum Gasteiger partial charge on any atom is -0.495 e. The fourth-order valence-electron chi connectivity index (χ4n) is 1.77. The zero-order chi connectivity index (χ0) is 12.4. The van der Waals surface area contributed by atoms with Crippen LogP contribution in [0.3, 0.4) is 0 Å². The molecule has 0 saturated carbocycles. The highest BCUT2D eigenvalue weighted by atomic mass is 35.5. The van der Waals surface area contributed by atoms with E-state index >= 15 is 0 Å². The second kappa shape index (κ2) is 5.47. The summed E-state index contributed by atoms with van der Waals surface area (Å²) in [5.74, 6) is 0.643. The molecule has 0 aliphatic heterocycles. The SMILES string of the molecule is CCCCc1cc2cc(OC)c(Cl)c(Cl)c2s1. The maximum absolute atomic E-state index is 6.26. The second-order valence-electron chi connectivity index (χ2n) is 3.94. The molecule has 2 rings (SSSR count). The van der Waals surface area contributed by atoms with Crippen LogP contribution in [-0.4, -0.2) is 7.11 Å². The predicted octanol–water partition coefficient (Wildman–Crippen LogP) is 5.56. The summed E-state index contributed by atoms with van der Waals surface area (Å²) in [5, 5.41) is 2.23. The van der Waals surface area contributed by atoms with Crippen LogP contribution in [0, 0.1) is 0 Å². The Kier molecular flexibility index (Phi) is 4.18. The van der Waals surface area contributed by atoms with E-state index in [1.165, 1.54) is 17.7 Å². The van der Waals surface area contributed by atoms with E-state index in [4.69, 9.17) is 27.9 Å². The molecule has 4 heteroatoms. The van der Waals surface area contributed by atoms with Crippen molar-refractivity contribution in [2.45, 2.75) is 26.2 Å². The van der Waals surface area contributed by atoms with Gasteiger partial charge in [-0.25, -0.2) is 0 Å². The van der Waals surface area contributed by atoms with Crippen LogP contribution in [0.5, 0.6) is 5.75 Å². The number of benzene rings is 1. The highest BCUT2D eigenvalue weighted by Gasteiger charge is 2.13. The Morgan fingerprint density at radius 1 is 1.24 bits per heavy atom. The lowest BCUT2D eigenvalue weighted by molar-refractivity contribution is 0.415. The number of ether oxygens (including phenoxy) is 1. The Hall–Kier alpha value is -0.440. The lowest BCUT2D eigenvalue weighted by Gasteiger charge is -2.04. The Morgan fingerprint density at radius 2 is 2.00 bits per heavy atom. The van der Waals surface area contributed by atoms with Gasteiger partial charge < -0.3 is 4.74 Å². The van der Waals surface area contributed by atoms with Gasteiger partial charge in [0, 0.05) is 4.88 Å². The third-order valence-electron chi connectivity index (χ3n) is 2.70. The van der Waals surface area contributed by atoms with Crippen LogP contribution in [0.2, 0.25) is 10.0 Å². The molecule has 0 spiro atoms. The van der Waals surface area contributed by atoms with Gasteiger partial charge in [-0.2, -0.15) is 0 Å². The summed E-state index contributed by atoms with van der Waals surface area (Å²) in [6.07, 6.45) is 3.51. The van der Waals surface area contributed by atoms with Gasteiger partial charge in [-0.1, -0.05) is 36.5 Å². The van der Waals surface area contributed by atoms with E-state index in [9.17, 15) is 0 Å². The van der Waals surface area contributed by atoms with E-state index in [2.05, 4.69) is 13.0 Å². The third kappa shape index (κ3) is 2.54. The van der Waals surface area contributed by atoms with Crippen LogP contribution in [0.1, 0.15) is 24.6 Å². The average Bonchev–Trinajstić information content (AvgIpc) is 2.74. The van der Waals surface area contributed by atoms with Gasteiger partial charge in [-0.15, -0.1) is 11.3 Å². The molecule has 0 bridgehead atoms. The van der Waals surface area contributed by atoms with Crippen molar-refractivity contribution < 1.29 is 4.74 Å². The van der Waals surface area contributed by atoms with E-state index in [1.54, 1.807) is 18.4 Å². The largest absolute Gasteiger partial charge is 0.495 e. The van der Waals surface area contributed by atoms with E-state index in [1.807, 2.05) is 6.07 Å². The van der Waals surface area contributed by atoms with E-state index in [0.717, 1.165) is 16.5 Å². The highest BCUT2D eigenvalue weighted by Crippen LogP contribution is 2.42. The molecule has 1 heterocycles. The predicted molar refractivity (Wildman–Crippen MR) is 77.0 cm³/mol. The van der Waals surface area contributed by atoms with Gasteiger partial charge in [0.25, 0.3) is 0 Å². The molecular weight excluding hydrogens is 275 g/mol. The van der Waals surface area contributed by atoms with Crippen LogP contribution in [0.4, 0.5) is 0 Å². The van der Waals surface area contributed by atoms with Crippen LogP contribution in [0.25, 0.3) is 10.1 Å². The third-order valence-corrected chi connectivity index (χ3v) is 4.89. The molecule has 0 amide bonds. The number of aryl methyl sites for hydroxylation is 1. The molecule has 1 aromatic carbocycles. The molecule has 2 aromatic rings. The monoisotopic (exact) mass is 288 g/mol. The van der Waals surface area contributed by atoms with Gasteiger partial charge in [0.2, 0.25) is 0 Å². The van der Waals surface area contributed by atoms with Crippen LogP contribution in [-0.2, 0) is 6.42 Å². The second-order valence-corrected chi connectivity index (χ2v) is 5.83. The fourth-order valence-corrected chi connectivity index (χ4v) is 3.49. The van der Waals surface area contributed by atoms with Crippen LogP contribution >= 0.6 is 34.5 Å². The standard InChI is InChI=1S/C13H14Cl2OS/c1-3-4-5-9-6-8-7-10(16-2)11(14)12(15)13(8)17-9/h6-7H,3-5H2,1-2H3. The first-order valence-corrected chi connectivity index (χ1v) is 7.19. The van der Waals surface area contributed by atoms with Gasteiger partial charge in [0.1, 0.15) is 10.8 Å². The zero-order valence-corrected chi connectivity index (χ0v) is 12.2. The van der Waals surface area contributed by atoms with Crippen molar-refractivity contribution >= 4 is 44.6 Å². The molecule has 0 N–H and O–H groups in total. The van der Waals surface area contributed by atoms with Crippen molar-refractivity contribution in [3.63, 3.8) is 0 Å². The Labute approximate surface area is 115 Å². The molecular formula is C13H14Cl2OS. The van der Waals surface area contributed by atoms with Gasteiger partial charge in [-0.05, 0) is 30.4 Å². The number of hydrogen-bond donors (Lipinski definition) is 0. The molecule has 17 heavy (non-hydrogen) atoms. The molecule has 0 fully saturated rings. The summed E-state index contributed by atoms with van der Waals surface area (Å²) < 4.78 is 6.27. The average molecular weight is 289 g/mol. The maximum atomic E-state index is 6.26. The molecule has 0 atom stereocenters. The number of fused-ring (bicyclic) bond motifs is 1. The zero-order valence-electron chi connectivity index (χ0n) is 9.85. The van der Waals surface area contributed by atoms with Crippen molar-refractivity contribution in [2.24, 2.45) is 0 Å². The molecule has 0 aliphatic rings. The summed E-state index contributed by atoms with van der Waals surface area (Å²) in [7, 11) is 1.60. The number of rotatable bonds is 4. The van der Waals surface area contributed by atoms with E-state index in [-0.39, 0.29) is 0 Å². The van der Waals surface area contributed by atoms with Crippen LogP contribution in [0.15, 0.2) is 12.1 Å². The highest BCUT2D eigenvalue weighted by molar-refractivity contribution is 7.19. The molecule has 0 radical (unpaired) electrons. The normalized spacial score (nSPS) is 11.1. The van der Waals surface area contributed by atoms with Crippen LogP contribution < -0.4 is 4.74 Å². The minimum atomic E-state index is 0.505. The van der Waals surface area contributed by atoms with E-state index < -0.39 is 0 Å². The number of hydrogen-bond acceptors (Lipinski definition) is 2. The fraction of sp³-hybridized carbons (Fsp3) is 0.385. The van der Waals surface area contributed by atoms with Gasteiger partial charge >= 0.3 is 0 Å². The smallest absolute Gasteiger partial charge is 0.139 e. The van der Waals surface area contributed by atoms with Crippen molar-refractivity contribution in [3.05, 3.63) is 27.1 Å². The van der Waals surface area contributed by atoms with Gasteiger partial charge in [-0.3, -0.25) is 0 Å². The Morgan fingerprint density at radius 3 is 2.65 bits per heavy atom. The molecule has 0 saturated heterocycles. The van der Waals surface area contributed by atoms with E-state index in [0.29, 0.717) is 15.8 Å². The first-order chi connectivity index (χ1) is 8.17. The minimum absolute atomic E-state index is 0.505. The van der Waals surface area contributed by atoms with Gasteiger partial charge in [0.05, 0.1) is 16.8 Å². The van der Waals surface area contributed by atoms with Crippen molar-refractivity contribution in [1.82, 2.24) is 0 Å². The summed E-state index contributed by atoms with van der Waals surface area (Å²) in [6.45, 7) is 2.19. The lowest BCUT2D eigenvalue weighted by Crippen LogP contribution is -1.84. The molecule has 0 unspecified atom stereocenters. The Balaban J connectivity index is 2.49.